The first-order valence-corrected chi connectivity index (χ1v) is 11.7. The Morgan fingerprint density at radius 3 is 2.23 bits per heavy atom. The largest absolute Gasteiger partial charge is 0.299 e. The minimum absolute atomic E-state index is 0.0746. The molecular weight excluding hydrogens is 420 g/mol. The van der Waals surface area contributed by atoms with Crippen LogP contribution in [0.2, 0.25) is 0 Å². The zero-order valence-electron chi connectivity index (χ0n) is 17.3. The normalized spacial score (nSPS) is 12.0. The van der Waals surface area contributed by atoms with Crippen molar-refractivity contribution in [1.82, 2.24) is 14.9 Å². The molecule has 0 atom stereocenters. The molecule has 0 spiro atoms. The molecule has 0 bridgehead atoms. The van der Waals surface area contributed by atoms with Gasteiger partial charge < -0.3 is 0 Å². The Balaban J connectivity index is 1.59. The smallest absolute Gasteiger partial charge is 0.241 e. The van der Waals surface area contributed by atoms with Crippen LogP contribution in [-0.2, 0) is 20.2 Å². The van der Waals surface area contributed by atoms with Crippen molar-refractivity contribution < 1.29 is 13.2 Å². The first-order chi connectivity index (χ1) is 14.0. The Morgan fingerprint density at radius 1 is 1.00 bits per heavy atom. The highest BCUT2D eigenvalue weighted by Gasteiger charge is 2.19. The van der Waals surface area contributed by atoms with Gasteiger partial charge in [-0.25, -0.2) is 13.1 Å². The summed E-state index contributed by atoms with van der Waals surface area (Å²) in [5, 5.41) is 11.6. The first kappa shape index (κ1) is 22.1. The summed E-state index contributed by atoms with van der Waals surface area (Å²) in [5.41, 5.74) is 2.99. The maximum atomic E-state index is 12.5. The van der Waals surface area contributed by atoms with E-state index in [0.29, 0.717) is 10.1 Å². The molecule has 0 aliphatic carbocycles. The molecule has 30 heavy (non-hydrogen) atoms. The molecule has 0 fully saturated rings. The van der Waals surface area contributed by atoms with Gasteiger partial charge in [-0.2, -0.15) is 0 Å². The number of aromatic nitrogens is 2. The molecule has 7 nitrogen and oxygen atoms in total. The highest BCUT2D eigenvalue weighted by Crippen LogP contribution is 2.26. The summed E-state index contributed by atoms with van der Waals surface area (Å²) in [4.78, 5) is 12.3. The molecule has 1 heterocycles. The third kappa shape index (κ3) is 5.50. The molecule has 9 heteroatoms. The van der Waals surface area contributed by atoms with E-state index in [0.717, 1.165) is 16.7 Å². The molecule has 3 aromatic rings. The number of nitrogens with zero attached hydrogens (tertiary/aromatic N) is 2. The number of nitrogens with one attached hydrogen (secondary N) is 2. The SMILES string of the molecule is Cc1ccc(-c2nnc(NC(=O)CNS(=O)(=O)c3ccc(C(C)(C)C)cc3)s2)cc1. The van der Waals surface area contributed by atoms with Gasteiger partial charge in [-0.1, -0.05) is 74.1 Å². The third-order valence-electron chi connectivity index (χ3n) is 4.42. The predicted molar refractivity (Wildman–Crippen MR) is 119 cm³/mol. The maximum Gasteiger partial charge on any atom is 0.241 e. The van der Waals surface area contributed by atoms with E-state index in [9.17, 15) is 13.2 Å². The monoisotopic (exact) mass is 444 g/mol. The van der Waals surface area contributed by atoms with E-state index in [1.54, 1.807) is 24.3 Å². The summed E-state index contributed by atoms with van der Waals surface area (Å²) in [6.45, 7) is 7.75. The molecule has 0 saturated carbocycles. The van der Waals surface area contributed by atoms with E-state index in [1.807, 2.05) is 31.2 Å². The fraction of sp³-hybridized carbons (Fsp3) is 0.286. The number of hydrogen-bond acceptors (Lipinski definition) is 6. The van der Waals surface area contributed by atoms with Gasteiger partial charge >= 0.3 is 0 Å². The summed E-state index contributed by atoms with van der Waals surface area (Å²) in [6.07, 6.45) is 0. The lowest BCUT2D eigenvalue weighted by Crippen LogP contribution is -2.32. The summed E-state index contributed by atoms with van der Waals surface area (Å²) in [5.74, 6) is -0.517. The van der Waals surface area contributed by atoms with Crippen LogP contribution in [0.15, 0.2) is 53.4 Å². The van der Waals surface area contributed by atoms with Gasteiger partial charge in [0, 0.05) is 5.56 Å². The van der Waals surface area contributed by atoms with E-state index in [1.165, 1.54) is 11.3 Å². The number of amides is 1. The highest BCUT2D eigenvalue weighted by molar-refractivity contribution is 7.89. The van der Waals surface area contributed by atoms with Crippen LogP contribution in [0.4, 0.5) is 5.13 Å². The van der Waals surface area contributed by atoms with Crippen molar-refractivity contribution in [3.8, 4) is 10.6 Å². The van der Waals surface area contributed by atoms with E-state index >= 15 is 0 Å². The van der Waals surface area contributed by atoms with Crippen molar-refractivity contribution in [2.45, 2.75) is 38.0 Å². The minimum Gasteiger partial charge on any atom is -0.299 e. The molecule has 0 saturated heterocycles. The Hall–Kier alpha value is -2.62. The molecular formula is C21H24N4O3S2. The lowest BCUT2D eigenvalue weighted by atomic mass is 9.87. The zero-order chi connectivity index (χ0) is 21.9. The number of hydrogen-bond donors (Lipinski definition) is 2. The second kappa shape index (κ2) is 8.63. The van der Waals surface area contributed by atoms with Crippen LogP contribution in [0.1, 0.15) is 31.9 Å². The van der Waals surface area contributed by atoms with Crippen molar-refractivity contribution in [2.24, 2.45) is 0 Å². The molecule has 0 unspecified atom stereocenters. The Morgan fingerprint density at radius 2 is 1.63 bits per heavy atom. The van der Waals surface area contributed by atoms with Crippen molar-refractivity contribution in [3.05, 3.63) is 59.7 Å². The maximum absolute atomic E-state index is 12.5. The van der Waals surface area contributed by atoms with Crippen molar-refractivity contribution in [3.63, 3.8) is 0 Å². The second-order valence-corrected chi connectivity index (χ2v) is 10.7. The van der Waals surface area contributed by atoms with E-state index in [2.05, 4.69) is 41.0 Å². The molecule has 0 aliphatic heterocycles. The van der Waals surface area contributed by atoms with E-state index in [4.69, 9.17) is 0 Å². The Kier molecular flexibility index (Phi) is 6.35. The first-order valence-electron chi connectivity index (χ1n) is 9.35. The van der Waals surface area contributed by atoms with Crippen LogP contribution in [0.25, 0.3) is 10.6 Å². The summed E-state index contributed by atoms with van der Waals surface area (Å²) < 4.78 is 27.2. The van der Waals surface area contributed by atoms with E-state index < -0.39 is 22.5 Å². The van der Waals surface area contributed by atoms with Crippen LogP contribution in [0.3, 0.4) is 0 Å². The standard InChI is InChI=1S/C21H24N4O3S2/c1-14-5-7-15(8-6-14)19-24-25-20(29-19)23-18(26)13-22-30(27,28)17-11-9-16(10-12-17)21(2,3)4/h5-12,22H,13H2,1-4H3,(H,23,25,26). The average molecular weight is 445 g/mol. The van der Waals surface area contributed by atoms with E-state index in [-0.39, 0.29) is 10.3 Å². The molecule has 2 N–H and O–H groups in total. The van der Waals surface area contributed by atoms with Gasteiger partial charge in [0.2, 0.25) is 21.1 Å². The fourth-order valence-corrected chi connectivity index (χ4v) is 4.38. The number of carbonyl (C=O) groups excluding carboxylic acids is 1. The third-order valence-corrected chi connectivity index (χ3v) is 6.73. The van der Waals surface area contributed by atoms with Crippen molar-refractivity contribution in [2.75, 3.05) is 11.9 Å². The number of rotatable bonds is 6. The number of carbonyl (C=O) groups is 1. The number of benzene rings is 2. The molecule has 1 amide bonds. The van der Waals surface area contributed by atoms with Crippen LogP contribution in [0.5, 0.6) is 0 Å². The molecule has 1 aromatic heterocycles. The van der Waals surface area contributed by atoms with Crippen molar-refractivity contribution in [1.29, 1.82) is 0 Å². The van der Waals surface area contributed by atoms with Gasteiger partial charge in [-0.05, 0) is 30.0 Å². The average Bonchev–Trinajstić information content (AvgIpc) is 3.15. The fourth-order valence-electron chi connectivity index (χ4n) is 2.63. The molecule has 158 valence electrons. The Bertz CT molecular complexity index is 1130. The van der Waals surface area contributed by atoms with Crippen LogP contribution >= 0.6 is 11.3 Å². The summed E-state index contributed by atoms with van der Waals surface area (Å²) >= 11 is 1.22. The van der Waals surface area contributed by atoms with Gasteiger partial charge in [0.1, 0.15) is 5.01 Å². The van der Waals surface area contributed by atoms with Gasteiger partial charge in [0.05, 0.1) is 11.4 Å². The van der Waals surface area contributed by atoms with Crippen LogP contribution < -0.4 is 10.0 Å². The number of aryl methyl sites for hydroxylation is 1. The van der Waals surface area contributed by atoms with Gasteiger partial charge in [0.15, 0.2) is 0 Å². The summed E-state index contributed by atoms with van der Waals surface area (Å²) in [6, 6.07) is 14.4. The number of anilines is 1. The second-order valence-electron chi connectivity index (χ2n) is 7.93. The Labute approximate surface area is 180 Å². The zero-order valence-corrected chi connectivity index (χ0v) is 18.9. The van der Waals surface area contributed by atoms with Crippen LogP contribution in [0, 0.1) is 6.92 Å². The lowest BCUT2D eigenvalue weighted by Gasteiger charge is -2.19. The number of sulfonamides is 1. The van der Waals surface area contributed by atoms with Crippen LogP contribution in [-0.4, -0.2) is 31.1 Å². The highest BCUT2D eigenvalue weighted by atomic mass is 32.2. The topological polar surface area (TPSA) is 101 Å². The molecule has 3 rings (SSSR count). The lowest BCUT2D eigenvalue weighted by molar-refractivity contribution is -0.115. The quantitative estimate of drug-likeness (QED) is 0.603. The molecule has 0 aliphatic rings. The van der Waals surface area contributed by atoms with Gasteiger partial charge in [-0.3, -0.25) is 10.1 Å². The summed E-state index contributed by atoms with van der Waals surface area (Å²) in [7, 11) is -3.80. The van der Waals surface area contributed by atoms with Gasteiger partial charge in [-0.15, -0.1) is 10.2 Å². The van der Waals surface area contributed by atoms with Crippen molar-refractivity contribution >= 4 is 32.4 Å². The minimum atomic E-state index is -3.80. The predicted octanol–water partition coefficient (Wildman–Crippen LogP) is 3.73. The van der Waals surface area contributed by atoms with Gasteiger partial charge in [0.25, 0.3) is 0 Å². The molecule has 0 radical (unpaired) electrons. The molecule has 2 aromatic carbocycles.